The maximum absolute atomic E-state index is 11.4. The Bertz CT molecular complexity index is 661. The highest BCUT2D eigenvalue weighted by molar-refractivity contribution is 5.80. The van der Waals surface area contributed by atoms with E-state index in [-0.39, 0.29) is 24.9 Å². The molecule has 0 aliphatic carbocycles. The van der Waals surface area contributed by atoms with Crippen molar-refractivity contribution in [2.24, 2.45) is 17.3 Å². The van der Waals surface area contributed by atoms with Crippen LogP contribution >= 0.6 is 0 Å². The summed E-state index contributed by atoms with van der Waals surface area (Å²) in [5, 5.41) is 20.9. The molecule has 4 atom stereocenters. The lowest BCUT2D eigenvalue weighted by Crippen LogP contribution is -2.44. The van der Waals surface area contributed by atoms with Crippen molar-refractivity contribution in [1.82, 2.24) is 26.2 Å². The van der Waals surface area contributed by atoms with Crippen molar-refractivity contribution in [3.63, 3.8) is 0 Å². The lowest BCUT2D eigenvalue weighted by atomic mass is 9.87. The predicted molar refractivity (Wildman–Crippen MR) is 192 cm³/mol. The number of piperidine rings is 1. The summed E-state index contributed by atoms with van der Waals surface area (Å²) in [5.74, 6) is 0.242. The van der Waals surface area contributed by atoms with Gasteiger partial charge in [-0.25, -0.2) is 0 Å². The molecule has 2 amide bonds. The van der Waals surface area contributed by atoms with Gasteiger partial charge in [-0.05, 0) is 50.6 Å². The van der Waals surface area contributed by atoms with Crippen LogP contribution in [0, 0.1) is 17.3 Å². The number of aliphatic carboxylic acids is 1. The van der Waals surface area contributed by atoms with Gasteiger partial charge in [-0.3, -0.25) is 19.7 Å². The van der Waals surface area contributed by atoms with Gasteiger partial charge in [0.2, 0.25) is 12.3 Å². The lowest BCUT2D eigenvalue weighted by molar-refractivity contribution is -0.138. The number of nitrogens with zero attached hydrogens (tertiary/aromatic N) is 1. The van der Waals surface area contributed by atoms with Crippen LogP contribution in [0.1, 0.15) is 127 Å². The van der Waals surface area contributed by atoms with Crippen LogP contribution in [0.2, 0.25) is 0 Å². The van der Waals surface area contributed by atoms with Gasteiger partial charge in [-0.1, -0.05) is 101 Å². The lowest BCUT2D eigenvalue weighted by Gasteiger charge is -2.30. The maximum Gasteiger partial charge on any atom is 0.304 e. The van der Waals surface area contributed by atoms with Crippen molar-refractivity contribution in [1.29, 1.82) is 0 Å². The Morgan fingerprint density at radius 3 is 2.09 bits per heavy atom. The fraction of sp³-hybridized carbons (Fsp3) is 0.914. The zero-order valence-electron chi connectivity index (χ0n) is 31.8. The number of ether oxygens (including phenoxy) is 1. The van der Waals surface area contributed by atoms with Crippen LogP contribution in [-0.2, 0) is 19.1 Å². The normalized spacial score (nSPS) is 15.9. The molecule has 10 nitrogen and oxygen atoms in total. The molecule has 45 heavy (non-hydrogen) atoms. The molecule has 5 N–H and O–H groups in total. The molecule has 3 unspecified atom stereocenters. The van der Waals surface area contributed by atoms with E-state index < -0.39 is 5.97 Å². The number of likely N-dealkylation sites (N-methyl/N-ethyl adjacent to an activating group) is 2. The van der Waals surface area contributed by atoms with Gasteiger partial charge >= 0.3 is 5.97 Å². The van der Waals surface area contributed by atoms with Crippen LogP contribution in [0.4, 0.5) is 0 Å². The third kappa shape index (κ3) is 32.0. The van der Waals surface area contributed by atoms with Crippen LogP contribution < -0.4 is 21.3 Å². The minimum atomic E-state index is -0.749. The predicted octanol–water partition coefficient (Wildman–Crippen LogP) is 5.90. The number of carboxylic acid groups (broad SMARTS) is 1. The molecule has 0 aromatic carbocycles. The number of hydrogen-bond donors (Lipinski definition) is 5. The Kier molecular flexibility index (Phi) is 39.1. The largest absolute Gasteiger partial charge is 0.481 e. The van der Waals surface area contributed by atoms with E-state index >= 15 is 0 Å². The summed E-state index contributed by atoms with van der Waals surface area (Å²) in [4.78, 5) is 34.0. The monoisotopic (exact) mass is 648 g/mol. The van der Waals surface area contributed by atoms with E-state index in [1.165, 1.54) is 38.5 Å². The quantitative estimate of drug-likeness (QED) is 0.0706. The first-order valence-electron chi connectivity index (χ1n) is 17.6. The van der Waals surface area contributed by atoms with Crippen LogP contribution in [-0.4, -0.2) is 94.5 Å². The highest BCUT2D eigenvalue weighted by Gasteiger charge is 2.22. The molecule has 0 aromatic heterocycles. The van der Waals surface area contributed by atoms with Crippen molar-refractivity contribution in [2.75, 3.05) is 54.1 Å². The van der Waals surface area contributed by atoms with E-state index in [9.17, 15) is 14.4 Å². The number of likely N-dealkylation sites (tertiary alicyclic amines) is 1. The van der Waals surface area contributed by atoms with Crippen molar-refractivity contribution in [3.8, 4) is 0 Å². The van der Waals surface area contributed by atoms with Gasteiger partial charge in [-0.2, -0.15) is 0 Å². The number of carboxylic acids is 1. The Morgan fingerprint density at radius 2 is 1.67 bits per heavy atom. The summed E-state index contributed by atoms with van der Waals surface area (Å²) in [6.45, 7) is 24.4. The third-order valence-corrected chi connectivity index (χ3v) is 7.48. The topological polar surface area (TPSA) is 132 Å². The average Bonchev–Trinajstić information content (AvgIpc) is 3.02. The first-order chi connectivity index (χ1) is 21.4. The maximum atomic E-state index is 11.4. The number of hydrogen-bond acceptors (Lipinski definition) is 7. The van der Waals surface area contributed by atoms with Gasteiger partial charge in [0.1, 0.15) is 0 Å². The smallest absolute Gasteiger partial charge is 0.304 e. The molecule has 1 fully saturated rings. The van der Waals surface area contributed by atoms with Gasteiger partial charge in [-0.15, -0.1) is 0 Å². The number of nitrogens with one attached hydrogen (secondary N) is 4. The number of unbranched alkanes of at least 4 members (excludes halogenated alkanes) is 4. The summed E-state index contributed by atoms with van der Waals surface area (Å²) in [5.41, 5.74) is 0.345. The molecule has 0 aromatic rings. The Labute approximate surface area is 279 Å². The second kappa shape index (κ2) is 35.1. The number of carbonyl (C=O) groups excluding carboxylic acids is 2. The van der Waals surface area contributed by atoms with Gasteiger partial charge in [0.15, 0.2) is 0 Å². The number of rotatable bonds is 18. The minimum Gasteiger partial charge on any atom is -0.481 e. The molecule has 0 radical (unpaired) electrons. The van der Waals surface area contributed by atoms with Crippen molar-refractivity contribution in [3.05, 3.63) is 0 Å². The molecule has 0 spiro atoms. The standard InChI is InChI=1S/C14H29NO3.C9H16N2O2.C8H20N2.2C2H6/c1-4-5-6-7-8-9-12(2)13(10-14(16)17)15-11-18-3;1-8-3-2-4-11(6-8)9(13)5-10-7-12;1-8(2,3)7(10-5)6-9-4;2*1-2/h12-13,15H,4-11H2,1-3H3,(H,16,17);7-8H,2-6H2,1H3,(H,10,12);7,9-10H,6H2,1-5H3;2*1-2H3/t;8-;;;/m.1.../s1. The number of methoxy groups -OCH3 is 1. The second-order valence-electron chi connectivity index (χ2n) is 12.4. The van der Waals surface area contributed by atoms with E-state index in [1.807, 2.05) is 46.7 Å². The molecule has 0 bridgehead atoms. The van der Waals surface area contributed by atoms with Gasteiger partial charge < -0.3 is 30.7 Å². The molecule has 1 rings (SSSR count). The van der Waals surface area contributed by atoms with Gasteiger partial charge in [0.25, 0.3) is 0 Å². The summed E-state index contributed by atoms with van der Waals surface area (Å²) >= 11 is 0. The van der Waals surface area contributed by atoms with E-state index in [4.69, 9.17) is 9.84 Å². The molecule has 0 saturated carbocycles. The van der Waals surface area contributed by atoms with E-state index in [2.05, 4.69) is 62.8 Å². The zero-order chi connectivity index (χ0) is 35.7. The van der Waals surface area contributed by atoms with E-state index in [0.717, 1.165) is 32.5 Å². The second-order valence-corrected chi connectivity index (χ2v) is 12.4. The van der Waals surface area contributed by atoms with Gasteiger partial charge in [0, 0.05) is 38.8 Å². The van der Waals surface area contributed by atoms with Crippen molar-refractivity contribution < 1.29 is 24.2 Å². The summed E-state index contributed by atoms with van der Waals surface area (Å²) in [7, 11) is 5.60. The summed E-state index contributed by atoms with van der Waals surface area (Å²) < 4.78 is 4.96. The van der Waals surface area contributed by atoms with Crippen LogP contribution in [0.5, 0.6) is 0 Å². The van der Waals surface area contributed by atoms with Crippen molar-refractivity contribution >= 4 is 18.3 Å². The van der Waals surface area contributed by atoms with Gasteiger partial charge in [0.05, 0.1) is 19.7 Å². The zero-order valence-corrected chi connectivity index (χ0v) is 31.8. The Hall–Kier alpha value is -1.75. The molecule has 1 aliphatic rings. The Balaban J connectivity index is -0.000000275. The minimum absolute atomic E-state index is 0.00799. The molecule has 1 heterocycles. The highest BCUT2D eigenvalue weighted by Crippen LogP contribution is 2.18. The average molecular weight is 648 g/mol. The molecular formula is C35H77N5O5. The number of amides is 2. The van der Waals surface area contributed by atoms with E-state index in [1.54, 1.807) is 7.11 Å². The van der Waals surface area contributed by atoms with Crippen LogP contribution in [0.25, 0.3) is 0 Å². The van der Waals surface area contributed by atoms with E-state index in [0.29, 0.717) is 36.4 Å². The Morgan fingerprint density at radius 1 is 1.07 bits per heavy atom. The fourth-order valence-electron chi connectivity index (χ4n) is 4.83. The third-order valence-electron chi connectivity index (χ3n) is 7.48. The highest BCUT2D eigenvalue weighted by atomic mass is 16.5. The van der Waals surface area contributed by atoms with Crippen LogP contribution in [0.3, 0.4) is 0 Å². The molecule has 10 heteroatoms. The summed E-state index contributed by atoms with van der Waals surface area (Å²) in [6.07, 6.45) is 10.4. The first-order valence-corrected chi connectivity index (χ1v) is 17.6. The first kappa shape index (κ1) is 50.1. The molecular weight excluding hydrogens is 570 g/mol. The fourth-order valence-corrected chi connectivity index (χ4v) is 4.83. The SMILES string of the molecule is CC.CC.CCCCCCCC(C)C(CC(=O)O)NCOC.CNCC(NC)C(C)(C)C.C[C@@H]1CCCN(C(=O)CNC=O)C1. The van der Waals surface area contributed by atoms with Crippen LogP contribution in [0.15, 0.2) is 0 Å². The molecule has 1 saturated heterocycles. The summed E-state index contributed by atoms with van der Waals surface area (Å²) in [6, 6.07) is 0.561. The molecule has 272 valence electrons. The molecule has 1 aliphatic heterocycles. The number of carbonyl (C=O) groups is 3. The van der Waals surface area contributed by atoms with Crippen molar-refractivity contribution in [2.45, 2.75) is 139 Å².